The maximum absolute atomic E-state index is 9.58. The monoisotopic (exact) mass is 195 g/mol. The van der Waals surface area contributed by atoms with E-state index in [1.54, 1.807) is 19.1 Å². The molecule has 3 heteroatoms. The number of nitrogens with two attached hydrogens (primary N) is 1. The van der Waals surface area contributed by atoms with Crippen molar-refractivity contribution < 1.29 is 10.2 Å². The van der Waals surface area contributed by atoms with E-state index in [0.717, 1.165) is 11.1 Å². The molecule has 0 saturated heterocycles. The largest absolute Gasteiger partial charge is 0.508 e. The van der Waals surface area contributed by atoms with Gasteiger partial charge in [-0.1, -0.05) is 19.1 Å². The fourth-order valence-electron chi connectivity index (χ4n) is 1.55. The minimum atomic E-state index is -0.609. The number of benzene rings is 1. The van der Waals surface area contributed by atoms with Gasteiger partial charge in [0.25, 0.3) is 0 Å². The minimum absolute atomic E-state index is 0.251. The van der Waals surface area contributed by atoms with E-state index in [-0.39, 0.29) is 5.75 Å². The molecule has 1 aromatic carbocycles. The van der Waals surface area contributed by atoms with Crippen LogP contribution < -0.4 is 5.73 Å². The first kappa shape index (κ1) is 11.0. The third-order valence-electron chi connectivity index (χ3n) is 2.42. The number of rotatable bonds is 3. The number of hydrogen-bond donors (Lipinski definition) is 3. The fourth-order valence-corrected chi connectivity index (χ4v) is 1.55. The predicted molar refractivity (Wildman–Crippen MR) is 56.1 cm³/mol. The summed E-state index contributed by atoms with van der Waals surface area (Å²) in [4.78, 5) is 0. The number of aliphatic hydroxyl groups excluding tert-OH is 1. The average molecular weight is 195 g/mol. The van der Waals surface area contributed by atoms with Crippen LogP contribution in [-0.4, -0.2) is 16.3 Å². The van der Waals surface area contributed by atoms with Gasteiger partial charge in [0.1, 0.15) is 5.75 Å². The molecule has 0 spiro atoms. The third-order valence-corrected chi connectivity index (χ3v) is 2.42. The molecule has 1 unspecified atom stereocenters. The molecular formula is C11H17NO2. The molecule has 0 fully saturated rings. The van der Waals surface area contributed by atoms with E-state index < -0.39 is 12.1 Å². The van der Waals surface area contributed by atoms with E-state index >= 15 is 0 Å². The Kier molecular flexibility index (Phi) is 3.49. The van der Waals surface area contributed by atoms with Crippen molar-refractivity contribution in [1.82, 2.24) is 0 Å². The molecule has 0 amide bonds. The Morgan fingerprint density at radius 1 is 1.43 bits per heavy atom. The highest BCUT2D eigenvalue weighted by atomic mass is 16.3. The molecule has 0 saturated carbocycles. The van der Waals surface area contributed by atoms with Crippen LogP contribution in [0.3, 0.4) is 0 Å². The van der Waals surface area contributed by atoms with E-state index in [9.17, 15) is 10.2 Å². The summed E-state index contributed by atoms with van der Waals surface area (Å²) in [6, 6.07) is 4.79. The van der Waals surface area contributed by atoms with Crippen molar-refractivity contribution in [3.63, 3.8) is 0 Å². The van der Waals surface area contributed by atoms with Crippen LogP contribution in [0.2, 0.25) is 0 Å². The highest BCUT2D eigenvalue weighted by Gasteiger charge is 2.16. The summed E-state index contributed by atoms with van der Waals surface area (Å²) in [5.41, 5.74) is 7.46. The summed E-state index contributed by atoms with van der Waals surface area (Å²) in [6.45, 7) is 3.60. The Labute approximate surface area is 84.2 Å². The van der Waals surface area contributed by atoms with Gasteiger partial charge in [-0.25, -0.2) is 0 Å². The lowest BCUT2D eigenvalue weighted by molar-refractivity contribution is 0.164. The van der Waals surface area contributed by atoms with Crippen molar-refractivity contribution in [2.24, 2.45) is 5.73 Å². The topological polar surface area (TPSA) is 66.5 Å². The van der Waals surface area contributed by atoms with E-state index in [2.05, 4.69) is 0 Å². The first-order valence-corrected chi connectivity index (χ1v) is 4.82. The molecule has 2 atom stereocenters. The van der Waals surface area contributed by atoms with E-state index in [1.807, 2.05) is 13.0 Å². The van der Waals surface area contributed by atoms with Gasteiger partial charge >= 0.3 is 0 Å². The van der Waals surface area contributed by atoms with Crippen LogP contribution in [0.25, 0.3) is 0 Å². The Morgan fingerprint density at radius 2 is 2.07 bits per heavy atom. The lowest BCUT2D eigenvalue weighted by Gasteiger charge is -2.19. The maximum atomic E-state index is 9.58. The van der Waals surface area contributed by atoms with Crippen LogP contribution in [0.4, 0.5) is 0 Å². The second kappa shape index (κ2) is 4.44. The van der Waals surface area contributed by atoms with E-state index in [1.165, 1.54) is 0 Å². The Bertz CT molecular complexity index is 310. The van der Waals surface area contributed by atoms with Crippen molar-refractivity contribution in [3.05, 3.63) is 29.3 Å². The van der Waals surface area contributed by atoms with Gasteiger partial charge in [-0.2, -0.15) is 0 Å². The smallest absolute Gasteiger partial charge is 0.119 e. The van der Waals surface area contributed by atoms with Crippen molar-refractivity contribution >= 4 is 0 Å². The molecule has 14 heavy (non-hydrogen) atoms. The first-order chi connectivity index (χ1) is 6.57. The van der Waals surface area contributed by atoms with Gasteiger partial charge in [-0.3, -0.25) is 0 Å². The van der Waals surface area contributed by atoms with Crippen molar-refractivity contribution in [1.29, 1.82) is 0 Å². The molecule has 0 aliphatic rings. The van der Waals surface area contributed by atoms with Crippen molar-refractivity contribution in [3.8, 4) is 5.75 Å². The number of phenols is 1. The van der Waals surface area contributed by atoms with Crippen LogP contribution >= 0.6 is 0 Å². The summed E-state index contributed by atoms with van der Waals surface area (Å²) >= 11 is 0. The number of hydrogen-bond acceptors (Lipinski definition) is 3. The van der Waals surface area contributed by atoms with Gasteiger partial charge in [0.2, 0.25) is 0 Å². The number of phenolic OH excluding ortho intramolecular Hbond substituents is 1. The Balaban J connectivity index is 3.13. The molecule has 78 valence electrons. The second-order valence-corrected chi connectivity index (χ2v) is 3.46. The molecular weight excluding hydrogens is 178 g/mol. The SMILES string of the molecule is CCc1c(O)cccc1[C@H](N)C(C)O. The Morgan fingerprint density at radius 3 is 2.57 bits per heavy atom. The number of aromatic hydroxyl groups is 1. The zero-order valence-electron chi connectivity index (χ0n) is 8.57. The second-order valence-electron chi connectivity index (χ2n) is 3.46. The lowest BCUT2D eigenvalue weighted by atomic mass is 9.95. The molecule has 0 radical (unpaired) electrons. The molecule has 0 heterocycles. The molecule has 0 aliphatic heterocycles. The fraction of sp³-hybridized carbons (Fsp3) is 0.455. The standard InChI is InChI=1S/C11H17NO2/c1-3-8-9(11(12)7(2)13)5-4-6-10(8)14/h4-7,11,13-14H,3,12H2,1-2H3/t7?,11-/m1/s1. The normalized spacial score (nSPS) is 15.1. The van der Waals surface area contributed by atoms with Crippen LogP contribution in [0.5, 0.6) is 5.75 Å². The summed E-state index contributed by atoms with van der Waals surface area (Å²) < 4.78 is 0. The summed E-state index contributed by atoms with van der Waals surface area (Å²) in [5, 5.41) is 19.0. The molecule has 0 aliphatic carbocycles. The molecule has 3 nitrogen and oxygen atoms in total. The predicted octanol–water partition coefficient (Wildman–Crippen LogP) is 1.34. The van der Waals surface area contributed by atoms with Crippen LogP contribution in [0.15, 0.2) is 18.2 Å². The minimum Gasteiger partial charge on any atom is -0.508 e. The molecule has 0 bridgehead atoms. The summed E-state index contributed by atoms with van der Waals surface area (Å²) in [7, 11) is 0. The zero-order chi connectivity index (χ0) is 10.7. The molecule has 4 N–H and O–H groups in total. The third kappa shape index (κ3) is 2.05. The first-order valence-electron chi connectivity index (χ1n) is 4.82. The molecule has 1 aromatic rings. The molecule has 1 rings (SSSR count). The summed E-state index contributed by atoms with van der Waals surface area (Å²) in [6.07, 6.45) is 0.102. The van der Waals surface area contributed by atoms with Crippen molar-refractivity contribution in [2.75, 3.05) is 0 Å². The van der Waals surface area contributed by atoms with Crippen LogP contribution in [0.1, 0.15) is 31.0 Å². The quantitative estimate of drug-likeness (QED) is 0.681. The van der Waals surface area contributed by atoms with Gasteiger partial charge < -0.3 is 15.9 Å². The Hall–Kier alpha value is -1.06. The van der Waals surface area contributed by atoms with E-state index in [4.69, 9.17) is 5.73 Å². The van der Waals surface area contributed by atoms with E-state index in [0.29, 0.717) is 6.42 Å². The highest BCUT2D eigenvalue weighted by molar-refractivity contribution is 5.41. The van der Waals surface area contributed by atoms with Crippen LogP contribution in [-0.2, 0) is 6.42 Å². The highest BCUT2D eigenvalue weighted by Crippen LogP contribution is 2.26. The van der Waals surface area contributed by atoms with Gasteiger partial charge in [0.15, 0.2) is 0 Å². The van der Waals surface area contributed by atoms with Crippen LogP contribution in [0, 0.1) is 0 Å². The van der Waals surface area contributed by atoms with Gasteiger partial charge in [0, 0.05) is 0 Å². The van der Waals surface area contributed by atoms with Gasteiger partial charge in [0.05, 0.1) is 12.1 Å². The van der Waals surface area contributed by atoms with Crippen molar-refractivity contribution in [2.45, 2.75) is 32.4 Å². The molecule has 0 aromatic heterocycles. The van der Waals surface area contributed by atoms with Gasteiger partial charge in [-0.15, -0.1) is 0 Å². The number of aliphatic hydroxyl groups is 1. The summed E-state index contributed by atoms with van der Waals surface area (Å²) in [5.74, 6) is 0.251. The maximum Gasteiger partial charge on any atom is 0.119 e. The average Bonchev–Trinajstić information content (AvgIpc) is 2.16. The lowest BCUT2D eigenvalue weighted by Crippen LogP contribution is -2.24. The van der Waals surface area contributed by atoms with Gasteiger partial charge in [-0.05, 0) is 30.5 Å². The zero-order valence-corrected chi connectivity index (χ0v) is 8.57.